The zero-order chi connectivity index (χ0) is 11.0. The van der Waals surface area contributed by atoms with Gasteiger partial charge >= 0.3 is 0 Å². The Labute approximate surface area is 99.2 Å². The molecule has 2 aromatic rings. The molecule has 3 rings (SSSR count). The zero-order valence-electron chi connectivity index (χ0n) is 8.74. The molecule has 16 heavy (non-hydrogen) atoms. The van der Waals surface area contributed by atoms with Gasteiger partial charge in [-0.2, -0.15) is 0 Å². The maximum absolute atomic E-state index is 5.99. The molecule has 0 spiro atoms. The molecule has 0 fully saturated rings. The summed E-state index contributed by atoms with van der Waals surface area (Å²) >= 11 is 5.99. The van der Waals surface area contributed by atoms with E-state index in [1.165, 1.54) is 5.56 Å². The van der Waals surface area contributed by atoms with Crippen LogP contribution in [0.3, 0.4) is 0 Å². The highest BCUT2D eigenvalue weighted by Crippen LogP contribution is 2.37. The second kappa shape index (κ2) is 3.87. The summed E-state index contributed by atoms with van der Waals surface area (Å²) in [6, 6.07) is 9.97. The van der Waals surface area contributed by atoms with Gasteiger partial charge in [0.2, 0.25) is 0 Å². The summed E-state index contributed by atoms with van der Waals surface area (Å²) in [6.45, 7) is 0.957. The molecule has 1 aliphatic heterocycles. The maximum atomic E-state index is 5.99. The topological polar surface area (TPSA) is 25.2 Å². The van der Waals surface area contributed by atoms with Gasteiger partial charge in [-0.25, -0.2) is 0 Å². The van der Waals surface area contributed by atoms with E-state index in [2.05, 4.69) is 11.4 Å². The first-order chi connectivity index (χ1) is 7.84. The number of nitrogens with one attached hydrogen (secondary N) is 1. The molecule has 1 aromatic carbocycles. The third-order valence-electron chi connectivity index (χ3n) is 3.03. The standard InChI is InChI=1S/C13H12ClNO/c14-9-3-4-10-11(13-2-1-7-16-13)5-6-15-12(10)8-9/h1-4,7-8,11,15H,5-6H2. The molecule has 1 N–H and O–H groups in total. The maximum Gasteiger partial charge on any atom is 0.111 e. The number of halogens is 1. The summed E-state index contributed by atoms with van der Waals surface area (Å²) in [5.74, 6) is 1.38. The first kappa shape index (κ1) is 9.79. The van der Waals surface area contributed by atoms with Crippen LogP contribution in [0.4, 0.5) is 5.69 Å². The first-order valence-corrected chi connectivity index (χ1v) is 5.79. The van der Waals surface area contributed by atoms with Crippen molar-refractivity contribution in [3.63, 3.8) is 0 Å². The minimum absolute atomic E-state index is 0.350. The number of benzene rings is 1. The Morgan fingerprint density at radius 3 is 3.06 bits per heavy atom. The normalized spacial score (nSPS) is 18.9. The summed E-state index contributed by atoms with van der Waals surface area (Å²) in [6.07, 6.45) is 2.79. The number of hydrogen-bond acceptors (Lipinski definition) is 2. The van der Waals surface area contributed by atoms with Crippen molar-refractivity contribution >= 4 is 17.3 Å². The van der Waals surface area contributed by atoms with Gasteiger partial charge in [-0.15, -0.1) is 0 Å². The number of fused-ring (bicyclic) bond motifs is 1. The van der Waals surface area contributed by atoms with Crippen LogP contribution >= 0.6 is 11.6 Å². The molecule has 3 heteroatoms. The Kier molecular flexibility index (Phi) is 2.37. The van der Waals surface area contributed by atoms with Crippen molar-refractivity contribution in [1.82, 2.24) is 0 Å². The van der Waals surface area contributed by atoms with Crippen molar-refractivity contribution in [3.8, 4) is 0 Å². The Hall–Kier alpha value is -1.41. The fraction of sp³-hybridized carbons (Fsp3) is 0.231. The Morgan fingerprint density at radius 2 is 2.25 bits per heavy atom. The zero-order valence-corrected chi connectivity index (χ0v) is 9.50. The fourth-order valence-corrected chi connectivity index (χ4v) is 2.45. The minimum Gasteiger partial charge on any atom is -0.469 e. The molecule has 2 heterocycles. The third-order valence-corrected chi connectivity index (χ3v) is 3.26. The molecular formula is C13H12ClNO. The van der Waals surface area contributed by atoms with Crippen molar-refractivity contribution in [2.24, 2.45) is 0 Å². The van der Waals surface area contributed by atoms with E-state index in [1.807, 2.05) is 24.3 Å². The van der Waals surface area contributed by atoms with Crippen molar-refractivity contribution in [2.45, 2.75) is 12.3 Å². The molecule has 82 valence electrons. The largest absolute Gasteiger partial charge is 0.469 e. The highest BCUT2D eigenvalue weighted by molar-refractivity contribution is 6.30. The molecule has 0 radical (unpaired) electrons. The third kappa shape index (κ3) is 1.59. The van der Waals surface area contributed by atoms with E-state index in [1.54, 1.807) is 6.26 Å². The SMILES string of the molecule is Clc1ccc2c(c1)NCCC2c1ccco1. The average molecular weight is 234 g/mol. The van der Waals surface area contributed by atoms with E-state index in [9.17, 15) is 0 Å². The van der Waals surface area contributed by atoms with E-state index in [4.69, 9.17) is 16.0 Å². The fourth-order valence-electron chi connectivity index (χ4n) is 2.28. The van der Waals surface area contributed by atoms with E-state index in [0.29, 0.717) is 5.92 Å². The van der Waals surface area contributed by atoms with Gasteiger partial charge in [0, 0.05) is 23.2 Å². The molecule has 1 unspecified atom stereocenters. The lowest BCUT2D eigenvalue weighted by molar-refractivity contribution is 0.474. The molecule has 0 saturated heterocycles. The number of anilines is 1. The molecular weight excluding hydrogens is 222 g/mol. The van der Waals surface area contributed by atoms with Gasteiger partial charge in [0.05, 0.1) is 6.26 Å². The summed E-state index contributed by atoms with van der Waals surface area (Å²) in [5, 5.41) is 4.14. The van der Waals surface area contributed by atoms with Crippen LogP contribution < -0.4 is 5.32 Å². The highest BCUT2D eigenvalue weighted by atomic mass is 35.5. The molecule has 0 amide bonds. The van der Waals surface area contributed by atoms with E-state index in [-0.39, 0.29) is 0 Å². The van der Waals surface area contributed by atoms with Crippen LogP contribution in [0.1, 0.15) is 23.7 Å². The van der Waals surface area contributed by atoms with Crippen LogP contribution in [-0.2, 0) is 0 Å². The molecule has 1 aliphatic rings. The lowest BCUT2D eigenvalue weighted by Gasteiger charge is -2.25. The summed E-state index contributed by atoms with van der Waals surface area (Å²) in [5.41, 5.74) is 2.39. The monoisotopic (exact) mass is 233 g/mol. The van der Waals surface area contributed by atoms with Crippen LogP contribution in [0.5, 0.6) is 0 Å². The van der Waals surface area contributed by atoms with Gasteiger partial charge in [-0.3, -0.25) is 0 Å². The van der Waals surface area contributed by atoms with E-state index >= 15 is 0 Å². The predicted molar refractivity (Wildman–Crippen MR) is 65.1 cm³/mol. The van der Waals surface area contributed by atoms with Crippen LogP contribution in [0.25, 0.3) is 0 Å². The highest BCUT2D eigenvalue weighted by Gasteiger charge is 2.23. The molecule has 0 saturated carbocycles. The molecule has 0 aliphatic carbocycles. The second-order valence-corrected chi connectivity index (χ2v) is 4.45. The average Bonchev–Trinajstić information content (AvgIpc) is 2.81. The second-order valence-electron chi connectivity index (χ2n) is 4.02. The number of hydrogen-bond donors (Lipinski definition) is 1. The summed E-state index contributed by atoms with van der Waals surface area (Å²) < 4.78 is 5.50. The number of furan rings is 1. The van der Waals surface area contributed by atoms with Crippen LogP contribution in [0.15, 0.2) is 41.0 Å². The lowest BCUT2D eigenvalue weighted by Crippen LogP contribution is -2.17. The van der Waals surface area contributed by atoms with Gasteiger partial charge in [0.1, 0.15) is 5.76 Å². The Balaban J connectivity index is 2.06. The Morgan fingerprint density at radius 1 is 1.31 bits per heavy atom. The van der Waals surface area contributed by atoms with Gasteiger partial charge in [0.25, 0.3) is 0 Å². The van der Waals surface area contributed by atoms with Gasteiger partial charge in [-0.05, 0) is 36.2 Å². The van der Waals surface area contributed by atoms with Gasteiger partial charge in [-0.1, -0.05) is 17.7 Å². The smallest absolute Gasteiger partial charge is 0.111 e. The van der Waals surface area contributed by atoms with Crippen molar-refractivity contribution in [1.29, 1.82) is 0 Å². The Bertz CT molecular complexity index is 493. The quantitative estimate of drug-likeness (QED) is 0.809. The molecule has 1 aromatic heterocycles. The van der Waals surface area contributed by atoms with E-state index < -0.39 is 0 Å². The minimum atomic E-state index is 0.350. The van der Waals surface area contributed by atoms with Crippen LogP contribution in [0, 0.1) is 0 Å². The predicted octanol–water partition coefficient (Wildman–Crippen LogP) is 3.88. The molecule has 2 nitrogen and oxygen atoms in total. The van der Waals surface area contributed by atoms with E-state index in [0.717, 1.165) is 29.4 Å². The van der Waals surface area contributed by atoms with Gasteiger partial charge < -0.3 is 9.73 Å². The van der Waals surface area contributed by atoms with Gasteiger partial charge in [0.15, 0.2) is 0 Å². The summed E-state index contributed by atoms with van der Waals surface area (Å²) in [4.78, 5) is 0. The van der Waals surface area contributed by atoms with Crippen LogP contribution in [-0.4, -0.2) is 6.54 Å². The lowest BCUT2D eigenvalue weighted by atomic mass is 9.89. The summed E-state index contributed by atoms with van der Waals surface area (Å²) in [7, 11) is 0. The van der Waals surface area contributed by atoms with Crippen molar-refractivity contribution < 1.29 is 4.42 Å². The number of rotatable bonds is 1. The molecule has 0 bridgehead atoms. The van der Waals surface area contributed by atoms with Crippen molar-refractivity contribution in [2.75, 3.05) is 11.9 Å². The molecule has 1 atom stereocenters. The van der Waals surface area contributed by atoms with Crippen LogP contribution in [0.2, 0.25) is 5.02 Å². The first-order valence-electron chi connectivity index (χ1n) is 5.41. The van der Waals surface area contributed by atoms with Crippen molar-refractivity contribution in [3.05, 3.63) is 52.9 Å².